The molecule has 0 aromatic heterocycles. The van der Waals surface area contributed by atoms with Gasteiger partial charge < -0.3 is 5.32 Å². The van der Waals surface area contributed by atoms with Gasteiger partial charge in [0.25, 0.3) is 0 Å². The predicted octanol–water partition coefficient (Wildman–Crippen LogP) is 2.30. The molecule has 2 heteroatoms. The number of nitrogens with one attached hydrogen (secondary N) is 1. The highest BCUT2D eigenvalue weighted by molar-refractivity contribution is 5.15. The van der Waals surface area contributed by atoms with Crippen molar-refractivity contribution >= 4 is 0 Å². The summed E-state index contributed by atoms with van der Waals surface area (Å²) in [5.41, 5.74) is 1.79. The Kier molecular flexibility index (Phi) is 4.19. The zero-order valence-electron chi connectivity index (χ0n) is 11.1. The Hall–Kier alpha value is -0.860. The second kappa shape index (κ2) is 5.65. The fourth-order valence-corrected chi connectivity index (χ4v) is 2.59. The summed E-state index contributed by atoms with van der Waals surface area (Å²) in [4.78, 5) is 2.65. The molecule has 2 rings (SSSR count). The molecule has 1 aromatic carbocycles. The van der Waals surface area contributed by atoms with Crippen LogP contribution in [-0.2, 0) is 6.42 Å². The highest BCUT2D eigenvalue weighted by atomic mass is 15.2. The summed E-state index contributed by atoms with van der Waals surface area (Å²) < 4.78 is 0. The van der Waals surface area contributed by atoms with E-state index in [-0.39, 0.29) is 0 Å². The zero-order chi connectivity index (χ0) is 12.1. The van der Waals surface area contributed by atoms with Crippen LogP contribution in [0, 0.1) is 0 Å². The molecule has 1 aliphatic rings. The van der Waals surface area contributed by atoms with Crippen LogP contribution in [0.3, 0.4) is 0 Å². The summed E-state index contributed by atoms with van der Waals surface area (Å²) in [7, 11) is 0. The number of hydrogen-bond acceptors (Lipinski definition) is 2. The zero-order valence-corrected chi connectivity index (χ0v) is 11.1. The van der Waals surface area contributed by atoms with Crippen molar-refractivity contribution in [3.05, 3.63) is 35.9 Å². The Bertz CT molecular complexity index is 336. The average Bonchev–Trinajstić information content (AvgIpc) is 2.39. The number of nitrogens with zero attached hydrogens (tertiary/aromatic N) is 1. The smallest absolute Gasteiger partial charge is 0.0303 e. The minimum atomic E-state index is 0.340. The van der Waals surface area contributed by atoms with Crippen molar-refractivity contribution in [3.63, 3.8) is 0 Å². The van der Waals surface area contributed by atoms with E-state index >= 15 is 0 Å². The fraction of sp³-hybridized carbons (Fsp3) is 0.600. The third kappa shape index (κ3) is 3.08. The van der Waals surface area contributed by atoms with E-state index in [4.69, 9.17) is 0 Å². The third-order valence-electron chi connectivity index (χ3n) is 4.10. The number of hydrogen-bond donors (Lipinski definition) is 1. The van der Waals surface area contributed by atoms with Gasteiger partial charge in [-0.2, -0.15) is 0 Å². The standard InChI is InChI=1S/C15H24N2/c1-3-15(2)13-16-10-12-17(15)11-9-14-7-5-4-6-8-14/h4-8,16H,3,9-13H2,1-2H3. The van der Waals surface area contributed by atoms with Crippen molar-refractivity contribution in [1.29, 1.82) is 0 Å². The van der Waals surface area contributed by atoms with Gasteiger partial charge in [-0.15, -0.1) is 0 Å². The topological polar surface area (TPSA) is 15.3 Å². The van der Waals surface area contributed by atoms with Gasteiger partial charge in [-0.05, 0) is 25.3 Å². The van der Waals surface area contributed by atoms with Crippen LogP contribution in [-0.4, -0.2) is 36.6 Å². The summed E-state index contributed by atoms with van der Waals surface area (Å²) in [5.74, 6) is 0. The number of rotatable bonds is 4. The van der Waals surface area contributed by atoms with Crippen LogP contribution in [0.2, 0.25) is 0 Å². The molecule has 1 aromatic rings. The molecule has 1 heterocycles. The van der Waals surface area contributed by atoms with Crippen LogP contribution in [0.15, 0.2) is 30.3 Å². The minimum absolute atomic E-state index is 0.340. The lowest BCUT2D eigenvalue weighted by Crippen LogP contribution is -2.59. The Balaban J connectivity index is 1.93. The molecule has 0 spiro atoms. The maximum absolute atomic E-state index is 3.51. The molecule has 17 heavy (non-hydrogen) atoms. The molecule has 1 unspecified atom stereocenters. The van der Waals surface area contributed by atoms with Crippen molar-refractivity contribution in [1.82, 2.24) is 10.2 Å². The van der Waals surface area contributed by atoms with Crippen LogP contribution >= 0.6 is 0 Å². The van der Waals surface area contributed by atoms with Crippen molar-refractivity contribution in [2.75, 3.05) is 26.2 Å². The molecule has 0 aliphatic carbocycles. The second-order valence-corrected chi connectivity index (χ2v) is 5.25. The molecule has 2 nitrogen and oxygen atoms in total. The molecular formula is C15H24N2. The van der Waals surface area contributed by atoms with Crippen LogP contribution in [0.4, 0.5) is 0 Å². The van der Waals surface area contributed by atoms with Crippen LogP contribution in [0.25, 0.3) is 0 Å². The van der Waals surface area contributed by atoms with E-state index in [0.29, 0.717) is 5.54 Å². The van der Waals surface area contributed by atoms with Crippen molar-refractivity contribution in [2.45, 2.75) is 32.2 Å². The Morgan fingerprint density at radius 3 is 2.76 bits per heavy atom. The molecule has 1 saturated heterocycles. The number of benzene rings is 1. The van der Waals surface area contributed by atoms with Crippen LogP contribution in [0.1, 0.15) is 25.8 Å². The van der Waals surface area contributed by atoms with E-state index in [0.717, 1.165) is 19.5 Å². The highest BCUT2D eigenvalue weighted by Crippen LogP contribution is 2.21. The first kappa shape index (κ1) is 12.6. The van der Waals surface area contributed by atoms with Crippen molar-refractivity contribution in [3.8, 4) is 0 Å². The molecule has 0 amide bonds. The van der Waals surface area contributed by atoms with E-state index < -0.39 is 0 Å². The third-order valence-corrected chi connectivity index (χ3v) is 4.10. The summed E-state index contributed by atoms with van der Waals surface area (Å²) in [6.07, 6.45) is 2.38. The number of piperazine rings is 1. The molecule has 0 radical (unpaired) electrons. The van der Waals surface area contributed by atoms with E-state index in [1.54, 1.807) is 0 Å². The van der Waals surface area contributed by atoms with E-state index in [1.807, 2.05) is 0 Å². The first-order valence-electron chi connectivity index (χ1n) is 6.74. The maximum atomic E-state index is 3.51. The first-order chi connectivity index (χ1) is 8.24. The Morgan fingerprint density at radius 2 is 2.06 bits per heavy atom. The summed E-state index contributed by atoms with van der Waals surface area (Å²) >= 11 is 0. The summed E-state index contributed by atoms with van der Waals surface area (Å²) in [6.45, 7) is 9.28. The van der Waals surface area contributed by atoms with Gasteiger partial charge in [0.2, 0.25) is 0 Å². The maximum Gasteiger partial charge on any atom is 0.0303 e. The van der Waals surface area contributed by atoms with Crippen LogP contribution in [0.5, 0.6) is 0 Å². The monoisotopic (exact) mass is 232 g/mol. The van der Waals surface area contributed by atoms with E-state index in [2.05, 4.69) is 54.4 Å². The van der Waals surface area contributed by atoms with Gasteiger partial charge >= 0.3 is 0 Å². The largest absolute Gasteiger partial charge is 0.314 e. The van der Waals surface area contributed by atoms with Gasteiger partial charge in [-0.25, -0.2) is 0 Å². The highest BCUT2D eigenvalue weighted by Gasteiger charge is 2.31. The van der Waals surface area contributed by atoms with Gasteiger partial charge in [0.1, 0.15) is 0 Å². The minimum Gasteiger partial charge on any atom is -0.314 e. The van der Waals surface area contributed by atoms with E-state index in [1.165, 1.54) is 25.1 Å². The molecule has 1 N–H and O–H groups in total. The molecule has 1 atom stereocenters. The van der Waals surface area contributed by atoms with Gasteiger partial charge in [0, 0.05) is 31.7 Å². The lowest BCUT2D eigenvalue weighted by Gasteiger charge is -2.45. The Labute approximate surface area is 105 Å². The molecule has 1 fully saturated rings. The van der Waals surface area contributed by atoms with Gasteiger partial charge in [0.15, 0.2) is 0 Å². The van der Waals surface area contributed by atoms with Crippen molar-refractivity contribution in [2.24, 2.45) is 0 Å². The molecular weight excluding hydrogens is 208 g/mol. The van der Waals surface area contributed by atoms with Gasteiger partial charge in [-0.3, -0.25) is 4.90 Å². The molecule has 0 bridgehead atoms. The first-order valence-corrected chi connectivity index (χ1v) is 6.74. The lowest BCUT2D eigenvalue weighted by atomic mass is 9.93. The second-order valence-electron chi connectivity index (χ2n) is 5.25. The summed E-state index contributed by atoms with van der Waals surface area (Å²) in [6, 6.07) is 10.8. The lowest BCUT2D eigenvalue weighted by molar-refractivity contribution is 0.0727. The Morgan fingerprint density at radius 1 is 1.29 bits per heavy atom. The van der Waals surface area contributed by atoms with E-state index in [9.17, 15) is 0 Å². The quantitative estimate of drug-likeness (QED) is 0.857. The SMILES string of the molecule is CCC1(C)CNCCN1CCc1ccccc1. The molecule has 94 valence electrons. The van der Waals surface area contributed by atoms with Crippen molar-refractivity contribution < 1.29 is 0 Å². The van der Waals surface area contributed by atoms with Crippen LogP contribution < -0.4 is 5.32 Å². The molecule has 1 aliphatic heterocycles. The molecule has 0 saturated carbocycles. The average molecular weight is 232 g/mol. The van der Waals surface area contributed by atoms with Gasteiger partial charge in [0.05, 0.1) is 0 Å². The predicted molar refractivity (Wildman–Crippen MR) is 73.3 cm³/mol. The normalized spacial score (nSPS) is 26.0. The van der Waals surface area contributed by atoms with Gasteiger partial charge in [-0.1, -0.05) is 37.3 Å². The summed E-state index contributed by atoms with van der Waals surface area (Å²) in [5, 5.41) is 3.51. The fourth-order valence-electron chi connectivity index (χ4n) is 2.59.